The Labute approximate surface area is 194 Å². The van der Waals surface area contributed by atoms with E-state index in [0.29, 0.717) is 28.0 Å². The summed E-state index contributed by atoms with van der Waals surface area (Å²) in [5, 5.41) is 10.9. The van der Waals surface area contributed by atoms with Crippen molar-refractivity contribution in [3.05, 3.63) is 102 Å². The summed E-state index contributed by atoms with van der Waals surface area (Å²) < 4.78 is 20.6. The van der Waals surface area contributed by atoms with Crippen molar-refractivity contribution >= 4 is 23.4 Å². The van der Waals surface area contributed by atoms with Gasteiger partial charge in [0.1, 0.15) is 16.8 Å². The number of nitrogen functional groups attached to an aromatic ring is 1. The Morgan fingerprint density at radius 1 is 1.09 bits per heavy atom. The number of carbonyl (C=O) groups is 1. The Balaban J connectivity index is 1.58. The number of anilines is 1. The van der Waals surface area contributed by atoms with Crippen molar-refractivity contribution in [2.45, 2.75) is 16.8 Å². The van der Waals surface area contributed by atoms with Gasteiger partial charge in [-0.05, 0) is 29.3 Å². The maximum absolute atomic E-state index is 14.0. The van der Waals surface area contributed by atoms with Crippen LogP contribution in [0.1, 0.15) is 22.2 Å². The van der Waals surface area contributed by atoms with Crippen molar-refractivity contribution in [1.82, 2.24) is 14.9 Å². The molecule has 0 spiro atoms. The smallest absolute Gasteiger partial charge is 0.242 e. The minimum absolute atomic E-state index is 0.183. The zero-order valence-electron chi connectivity index (χ0n) is 17.8. The maximum atomic E-state index is 14.0. The van der Waals surface area contributed by atoms with Gasteiger partial charge in [0, 0.05) is 18.2 Å². The highest BCUT2D eigenvalue weighted by Gasteiger charge is 2.26. The summed E-state index contributed by atoms with van der Waals surface area (Å²) in [6.07, 6.45) is 0.183. The molecule has 0 aliphatic carbocycles. The van der Waals surface area contributed by atoms with Crippen LogP contribution >= 0.6 is 11.8 Å². The van der Waals surface area contributed by atoms with E-state index in [1.165, 1.54) is 22.5 Å². The van der Waals surface area contributed by atoms with Crippen molar-refractivity contribution in [3.63, 3.8) is 0 Å². The predicted octanol–water partition coefficient (Wildman–Crippen LogP) is 4.20. The summed E-state index contributed by atoms with van der Waals surface area (Å²) in [5.74, 6) is 6.65. The number of nitrogens with two attached hydrogens (primary N) is 1. The number of benzene rings is 3. The van der Waals surface area contributed by atoms with Crippen LogP contribution < -0.4 is 15.9 Å². The van der Waals surface area contributed by atoms with Gasteiger partial charge in [0.15, 0.2) is 5.82 Å². The Kier molecular flexibility index (Phi) is 6.89. The third-order valence-electron chi connectivity index (χ3n) is 4.94. The number of nitrogens with one attached hydrogen (secondary N) is 1. The molecule has 1 aromatic heterocycles. The monoisotopic (exact) mass is 463 g/mol. The second-order valence-electron chi connectivity index (χ2n) is 7.17. The zero-order chi connectivity index (χ0) is 23.2. The van der Waals surface area contributed by atoms with Gasteiger partial charge in [-0.3, -0.25) is 4.79 Å². The summed E-state index contributed by atoms with van der Waals surface area (Å²) in [6, 6.07) is 22.9. The number of halogens is 1. The fraction of sp³-hybridized carbons (Fsp3) is 0.125. The average Bonchev–Trinajstić information content (AvgIpc) is 3.18. The van der Waals surface area contributed by atoms with E-state index in [2.05, 4.69) is 15.5 Å². The molecule has 0 saturated carbocycles. The van der Waals surface area contributed by atoms with E-state index in [0.717, 1.165) is 5.56 Å². The first-order valence-electron chi connectivity index (χ1n) is 10.1. The van der Waals surface area contributed by atoms with Crippen LogP contribution in [0.15, 0.2) is 84.0 Å². The fourth-order valence-corrected chi connectivity index (χ4v) is 4.21. The summed E-state index contributed by atoms with van der Waals surface area (Å²) in [6.45, 7) is 0. The molecule has 33 heavy (non-hydrogen) atoms. The van der Waals surface area contributed by atoms with Gasteiger partial charge in [-0.2, -0.15) is 0 Å². The highest BCUT2D eigenvalue weighted by Crippen LogP contribution is 2.35. The number of ether oxygens (including phenoxy) is 1. The number of methoxy groups -OCH3 is 1. The van der Waals surface area contributed by atoms with E-state index in [1.807, 2.05) is 30.3 Å². The number of hydrogen-bond acceptors (Lipinski definition) is 6. The molecular weight excluding hydrogens is 441 g/mol. The molecule has 168 valence electrons. The van der Waals surface area contributed by atoms with Crippen molar-refractivity contribution < 1.29 is 13.9 Å². The minimum atomic E-state index is -0.648. The Hall–Kier alpha value is -3.85. The van der Waals surface area contributed by atoms with Crippen LogP contribution in [0, 0.1) is 5.82 Å². The van der Waals surface area contributed by atoms with E-state index < -0.39 is 5.25 Å². The van der Waals surface area contributed by atoms with Crippen molar-refractivity contribution in [2.24, 2.45) is 0 Å². The molecule has 4 rings (SSSR count). The molecule has 0 saturated heterocycles. The second-order valence-corrected chi connectivity index (χ2v) is 8.24. The molecule has 0 aliphatic heterocycles. The Bertz CT molecular complexity index is 1250. The van der Waals surface area contributed by atoms with E-state index in [-0.39, 0.29) is 18.1 Å². The minimum Gasteiger partial charge on any atom is -0.497 e. The lowest BCUT2D eigenvalue weighted by atomic mass is 10.1. The van der Waals surface area contributed by atoms with Crippen LogP contribution in [0.25, 0.3) is 0 Å². The van der Waals surface area contributed by atoms with Crippen LogP contribution in [0.5, 0.6) is 5.75 Å². The number of hydrogen-bond donors (Lipinski definition) is 2. The fourth-order valence-electron chi connectivity index (χ4n) is 3.24. The third-order valence-corrected chi connectivity index (χ3v) is 6.15. The number of carbonyl (C=O) groups excluding carboxylic acids is 1. The molecular formula is C24H22FN5O2S. The molecule has 4 aromatic rings. The summed E-state index contributed by atoms with van der Waals surface area (Å²) in [7, 11) is 1.57. The summed E-state index contributed by atoms with van der Waals surface area (Å²) >= 11 is 1.17. The lowest BCUT2D eigenvalue weighted by molar-refractivity contribution is -0.115. The van der Waals surface area contributed by atoms with Gasteiger partial charge in [0.2, 0.25) is 11.1 Å². The molecule has 0 fully saturated rings. The topological polar surface area (TPSA) is 95.1 Å². The largest absolute Gasteiger partial charge is 0.497 e. The molecule has 3 aromatic carbocycles. The number of amides is 1. The highest BCUT2D eigenvalue weighted by atomic mass is 32.2. The third kappa shape index (κ3) is 5.32. The summed E-state index contributed by atoms with van der Waals surface area (Å²) in [5.41, 5.74) is 1.85. The SMILES string of the molecule is COc1cccc(NC(=O)C(Sc2nnc(Cc3ccccc3F)n2N)c2ccccc2)c1. The lowest BCUT2D eigenvalue weighted by Gasteiger charge is -2.17. The van der Waals surface area contributed by atoms with Gasteiger partial charge >= 0.3 is 0 Å². The lowest BCUT2D eigenvalue weighted by Crippen LogP contribution is -2.21. The molecule has 1 atom stereocenters. The van der Waals surface area contributed by atoms with Gasteiger partial charge in [0.05, 0.1) is 7.11 Å². The van der Waals surface area contributed by atoms with Gasteiger partial charge in [-0.15, -0.1) is 10.2 Å². The van der Waals surface area contributed by atoms with E-state index >= 15 is 0 Å². The Morgan fingerprint density at radius 3 is 2.61 bits per heavy atom. The number of nitrogens with zero attached hydrogens (tertiary/aromatic N) is 3. The summed E-state index contributed by atoms with van der Waals surface area (Å²) in [4.78, 5) is 13.3. The molecule has 9 heteroatoms. The van der Waals surface area contributed by atoms with Crippen LogP contribution in [0.4, 0.5) is 10.1 Å². The molecule has 1 heterocycles. The second kappa shape index (κ2) is 10.2. The van der Waals surface area contributed by atoms with Gasteiger partial charge < -0.3 is 15.9 Å². The van der Waals surface area contributed by atoms with Crippen LogP contribution in [0.3, 0.4) is 0 Å². The van der Waals surface area contributed by atoms with Crippen molar-refractivity contribution in [3.8, 4) is 5.75 Å². The molecule has 0 aliphatic rings. The number of aromatic nitrogens is 3. The number of rotatable bonds is 8. The molecule has 1 amide bonds. The van der Waals surface area contributed by atoms with E-state index in [4.69, 9.17) is 10.6 Å². The first kappa shape index (κ1) is 22.3. The normalized spacial score (nSPS) is 11.7. The highest BCUT2D eigenvalue weighted by molar-refractivity contribution is 8.00. The van der Waals surface area contributed by atoms with Gasteiger partial charge in [0.25, 0.3) is 0 Å². The molecule has 7 nitrogen and oxygen atoms in total. The Morgan fingerprint density at radius 2 is 1.85 bits per heavy atom. The first-order chi connectivity index (χ1) is 16.0. The molecule has 0 bridgehead atoms. The zero-order valence-corrected chi connectivity index (χ0v) is 18.6. The van der Waals surface area contributed by atoms with Crippen molar-refractivity contribution in [1.29, 1.82) is 0 Å². The standard InChI is InChI=1S/C24H22FN5O2S/c1-32-19-12-7-11-18(15-19)27-23(31)22(16-8-3-2-4-9-16)33-24-29-28-21(30(24)26)14-17-10-5-6-13-20(17)25/h2-13,15,22H,14,26H2,1H3,(H,27,31). The number of thioether (sulfide) groups is 1. The van der Waals surface area contributed by atoms with Crippen LogP contribution in [-0.2, 0) is 11.2 Å². The maximum Gasteiger partial charge on any atom is 0.242 e. The predicted molar refractivity (Wildman–Crippen MR) is 126 cm³/mol. The average molecular weight is 464 g/mol. The van der Waals surface area contributed by atoms with Gasteiger partial charge in [-0.25, -0.2) is 9.07 Å². The van der Waals surface area contributed by atoms with Gasteiger partial charge in [-0.1, -0.05) is 66.4 Å². The first-order valence-corrected chi connectivity index (χ1v) is 11.0. The molecule has 3 N–H and O–H groups in total. The van der Waals surface area contributed by atoms with E-state index in [9.17, 15) is 9.18 Å². The van der Waals surface area contributed by atoms with Crippen molar-refractivity contribution in [2.75, 3.05) is 18.3 Å². The quantitative estimate of drug-likeness (QED) is 0.300. The molecule has 0 radical (unpaired) electrons. The van der Waals surface area contributed by atoms with E-state index in [1.54, 1.807) is 49.6 Å². The van der Waals surface area contributed by atoms with Crippen LogP contribution in [0.2, 0.25) is 0 Å². The van der Waals surface area contributed by atoms with Crippen LogP contribution in [-0.4, -0.2) is 27.9 Å². The molecule has 1 unspecified atom stereocenters.